The van der Waals surface area contributed by atoms with Gasteiger partial charge >= 0.3 is 6.18 Å². The van der Waals surface area contributed by atoms with Crippen molar-refractivity contribution in [3.8, 4) is 0 Å². The van der Waals surface area contributed by atoms with Gasteiger partial charge in [0.2, 0.25) is 10.0 Å². The molecule has 0 aromatic heterocycles. The van der Waals surface area contributed by atoms with Crippen LogP contribution in [0, 0.1) is 5.82 Å². The molecule has 146 valence electrons. The van der Waals surface area contributed by atoms with E-state index in [4.69, 9.17) is 0 Å². The van der Waals surface area contributed by atoms with Crippen LogP contribution in [0.1, 0.15) is 11.1 Å². The van der Waals surface area contributed by atoms with Crippen LogP contribution in [0.5, 0.6) is 0 Å². The lowest BCUT2D eigenvalue weighted by molar-refractivity contribution is -0.917. The normalized spacial score (nSPS) is 17.2. The van der Waals surface area contributed by atoms with Crippen LogP contribution in [-0.2, 0) is 22.7 Å². The number of halogens is 4. The highest BCUT2D eigenvalue weighted by atomic mass is 32.2. The summed E-state index contributed by atoms with van der Waals surface area (Å²) in [5, 5.41) is 0. The first-order chi connectivity index (χ1) is 12.7. The summed E-state index contributed by atoms with van der Waals surface area (Å²) in [4.78, 5) is 0.335. The van der Waals surface area contributed by atoms with Crippen LogP contribution in [0.15, 0.2) is 53.4 Å². The second-order valence-electron chi connectivity index (χ2n) is 6.45. The van der Waals surface area contributed by atoms with E-state index >= 15 is 0 Å². The van der Waals surface area contributed by atoms with Crippen molar-refractivity contribution < 1.29 is 30.9 Å². The van der Waals surface area contributed by atoms with Gasteiger partial charge in [0.05, 0.1) is 36.6 Å². The summed E-state index contributed by atoms with van der Waals surface area (Å²) in [6.07, 6.45) is -4.74. The Morgan fingerprint density at radius 1 is 1.00 bits per heavy atom. The van der Waals surface area contributed by atoms with E-state index in [1.54, 1.807) is 12.1 Å². The molecular formula is C18H19F4N2O2S+. The topological polar surface area (TPSA) is 41.8 Å². The molecule has 0 spiro atoms. The molecule has 1 fully saturated rings. The number of piperazine rings is 1. The van der Waals surface area contributed by atoms with Crippen LogP contribution in [0.25, 0.3) is 0 Å². The molecule has 27 heavy (non-hydrogen) atoms. The number of nitrogens with zero attached hydrogens (tertiary/aromatic N) is 1. The average Bonchev–Trinajstić information content (AvgIpc) is 2.61. The summed E-state index contributed by atoms with van der Waals surface area (Å²) in [5.74, 6) is -0.336. The number of rotatable bonds is 4. The highest BCUT2D eigenvalue weighted by molar-refractivity contribution is 7.89. The van der Waals surface area contributed by atoms with Crippen LogP contribution >= 0.6 is 0 Å². The van der Waals surface area contributed by atoms with Gasteiger partial charge in [0.25, 0.3) is 0 Å². The Morgan fingerprint density at radius 2 is 1.67 bits per heavy atom. The fourth-order valence-corrected chi connectivity index (χ4v) is 4.87. The first-order valence-corrected chi connectivity index (χ1v) is 9.86. The van der Waals surface area contributed by atoms with Crippen molar-refractivity contribution in [3.63, 3.8) is 0 Å². The molecule has 1 N–H and O–H groups in total. The third kappa shape index (κ3) is 4.48. The highest BCUT2D eigenvalue weighted by Crippen LogP contribution is 2.35. The lowest BCUT2D eigenvalue weighted by Crippen LogP contribution is -3.13. The van der Waals surface area contributed by atoms with E-state index in [1.165, 1.54) is 24.3 Å². The van der Waals surface area contributed by atoms with Gasteiger partial charge in [-0.15, -0.1) is 0 Å². The first kappa shape index (κ1) is 19.8. The molecule has 0 saturated carbocycles. The molecular weight excluding hydrogens is 384 g/mol. The quantitative estimate of drug-likeness (QED) is 0.793. The summed E-state index contributed by atoms with van der Waals surface area (Å²) in [5.41, 5.74) is -0.358. The molecule has 0 aliphatic carbocycles. The molecule has 0 radical (unpaired) electrons. The Morgan fingerprint density at radius 3 is 2.30 bits per heavy atom. The third-order valence-corrected chi connectivity index (χ3v) is 6.54. The molecule has 3 rings (SSSR count). The molecule has 1 heterocycles. The standard InChI is InChI=1S/C18H18F4N2O2S/c19-15-5-3-4-14(12-15)13-23-8-10-24(11-9-23)27(25,26)17-7-2-1-6-16(17)18(20,21)22/h1-7,12H,8-11,13H2/p+1. The first-order valence-electron chi connectivity index (χ1n) is 8.42. The molecule has 2 aromatic carbocycles. The predicted octanol–water partition coefficient (Wildman–Crippen LogP) is 1.93. The number of benzene rings is 2. The Kier molecular flexibility index (Phi) is 5.55. The second kappa shape index (κ2) is 7.57. The van der Waals surface area contributed by atoms with E-state index in [1.807, 2.05) is 0 Å². The molecule has 0 atom stereocenters. The molecule has 0 bridgehead atoms. The maximum absolute atomic E-state index is 13.3. The average molecular weight is 403 g/mol. The van der Waals surface area contributed by atoms with Gasteiger partial charge in [-0.2, -0.15) is 17.5 Å². The Balaban J connectivity index is 1.72. The number of sulfonamides is 1. The van der Waals surface area contributed by atoms with E-state index in [0.717, 1.165) is 26.9 Å². The number of alkyl halides is 3. The van der Waals surface area contributed by atoms with Crippen molar-refractivity contribution in [3.05, 3.63) is 65.5 Å². The molecule has 1 aliphatic heterocycles. The second-order valence-corrected chi connectivity index (χ2v) is 8.36. The van der Waals surface area contributed by atoms with Crippen LogP contribution < -0.4 is 4.90 Å². The van der Waals surface area contributed by atoms with Crippen molar-refractivity contribution in [1.82, 2.24) is 4.31 Å². The molecule has 1 saturated heterocycles. The van der Waals surface area contributed by atoms with Gasteiger partial charge in [0.15, 0.2) is 0 Å². The molecule has 9 heteroatoms. The van der Waals surface area contributed by atoms with Crippen molar-refractivity contribution in [2.24, 2.45) is 0 Å². The van der Waals surface area contributed by atoms with E-state index in [-0.39, 0.29) is 18.9 Å². The smallest absolute Gasteiger partial charge is 0.329 e. The van der Waals surface area contributed by atoms with Gasteiger partial charge in [0.1, 0.15) is 12.4 Å². The minimum atomic E-state index is -4.74. The lowest BCUT2D eigenvalue weighted by Gasteiger charge is -2.32. The van der Waals surface area contributed by atoms with Crippen molar-refractivity contribution in [2.75, 3.05) is 26.2 Å². The number of nitrogens with one attached hydrogen (secondary N) is 1. The summed E-state index contributed by atoms with van der Waals surface area (Å²) < 4.78 is 79.3. The van der Waals surface area contributed by atoms with Gasteiger partial charge in [-0.3, -0.25) is 0 Å². The van der Waals surface area contributed by atoms with E-state index in [2.05, 4.69) is 0 Å². The minimum Gasteiger partial charge on any atom is -0.329 e. The van der Waals surface area contributed by atoms with Gasteiger partial charge in [0, 0.05) is 5.56 Å². The molecule has 1 aliphatic rings. The zero-order valence-corrected chi connectivity index (χ0v) is 15.2. The van der Waals surface area contributed by atoms with Crippen molar-refractivity contribution >= 4 is 10.0 Å². The largest absolute Gasteiger partial charge is 0.417 e. The Hall–Kier alpha value is -1.97. The van der Waals surface area contributed by atoms with Gasteiger partial charge in [-0.1, -0.05) is 24.3 Å². The molecule has 4 nitrogen and oxygen atoms in total. The van der Waals surface area contributed by atoms with Crippen LogP contribution in [-0.4, -0.2) is 38.9 Å². The summed E-state index contributed by atoms with van der Waals surface area (Å²) >= 11 is 0. The van der Waals surface area contributed by atoms with E-state index < -0.39 is 26.7 Å². The number of hydrogen-bond acceptors (Lipinski definition) is 2. The summed E-state index contributed by atoms with van der Waals surface area (Å²) in [7, 11) is -4.24. The Labute approximate surface area is 155 Å². The zero-order chi connectivity index (χ0) is 19.7. The molecule has 0 amide bonds. The monoisotopic (exact) mass is 403 g/mol. The van der Waals surface area contributed by atoms with Gasteiger partial charge in [-0.05, 0) is 24.3 Å². The van der Waals surface area contributed by atoms with Crippen molar-refractivity contribution in [2.45, 2.75) is 17.6 Å². The summed E-state index contributed by atoms with van der Waals surface area (Å²) in [6, 6.07) is 10.4. The van der Waals surface area contributed by atoms with Gasteiger partial charge < -0.3 is 4.90 Å². The van der Waals surface area contributed by atoms with Crippen LogP contribution in [0.3, 0.4) is 0 Å². The van der Waals surface area contributed by atoms with Gasteiger partial charge in [-0.25, -0.2) is 12.8 Å². The third-order valence-electron chi connectivity index (χ3n) is 4.58. The highest BCUT2D eigenvalue weighted by Gasteiger charge is 2.39. The fourth-order valence-electron chi connectivity index (χ4n) is 3.22. The number of hydrogen-bond donors (Lipinski definition) is 1. The lowest BCUT2D eigenvalue weighted by atomic mass is 10.2. The molecule has 2 aromatic rings. The number of quaternary nitrogens is 1. The maximum Gasteiger partial charge on any atom is 0.417 e. The van der Waals surface area contributed by atoms with Crippen LogP contribution in [0.2, 0.25) is 0 Å². The van der Waals surface area contributed by atoms with E-state index in [9.17, 15) is 26.0 Å². The Bertz CT molecular complexity index is 908. The summed E-state index contributed by atoms with van der Waals surface area (Å²) in [6.45, 7) is 1.62. The SMILES string of the molecule is O=S(=O)(c1ccccc1C(F)(F)F)N1CC[NH+](Cc2cccc(F)c2)CC1. The fraction of sp³-hybridized carbons (Fsp3) is 0.333. The van der Waals surface area contributed by atoms with Crippen molar-refractivity contribution in [1.29, 1.82) is 0 Å². The van der Waals surface area contributed by atoms with Crippen LogP contribution in [0.4, 0.5) is 17.6 Å². The molecule has 0 unspecified atom stereocenters. The van der Waals surface area contributed by atoms with E-state index in [0.29, 0.717) is 19.6 Å². The maximum atomic E-state index is 13.3. The predicted molar refractivity (Wildman–Crippen MR) is 91.0 cm³/mol. The zero-order valence-electron chi connectivity index (χ0n) is 14.3. The minimum absolute atomic E-state index is 0.110.